The van der Waals surface area contributed by atoms with Gasteiger partial charge in [0.1, 0.15) is 73.2 Å². The Morgan fingerprint density at radius 3 is 1.89 bits per heavy atom. The monoisotopic (exact) mass is 547 g/mol. The van der Waals surface area contributed by atoms with E-state index in [9.17, 15) is 55.9 Å². The second-order valence-corrected chi connectivity index (χ2v) is 8.83. The summed E-state index contributed by atoms with van der Waals surface area (Å²) in [6.07, 6.45) is -22.6. The molecule has 0 aromatic rings. The highest BCUT2D eigenvalue weighted by Crippen LogP contribution is 2.30. The molecule has 0 spiro atoms. The lowest BCUT2D eigenvalue weighted by atomic mass is 9.95. The molecule has 14 atom stereocenters. The highest BCUT2D eigenvalue weighted by atomic mass is 16.7. The molecule has 0 unspecified atom stereocenters. The van der Waals surface area contributed by atoms with E-state index in [-0.39, 0.29) is 0 Å². The summed E-state index contributed by atoms with van der Waals surface area (Å²) in [5.41, 5.74) is 0. The highest BCUT2D eigenvalue weighted by molar-refractivity contribution is 5.73. The van der Waals surface area contributed by atoms with Crippen LogP contribution in [0.2, 0.25) is 0 Å². The van der Waals surface area contributed by atoms with Crippen molar-refractivity contribution in [2.45, 2.75) is 92.7 Å². The van der Waals surface area contributed by atoms with Gasteiger partial charge in [0.25, 0.3) is 0 Å². The van der Waals surface area contributed by atoms with Gasteiger partial charge in [-0.15, -0.1) is 0 Å². The first-order valence-electron chi connectivity index (χ1n) is 11.5. The average molecular weight is 548 g/mol. The zero-order valence-electron chi connectivity index (χ0n) is 19.9. The summed E-state index contributed by atoms with van der Waals surface area (Å²) < 4.78 is 21.8. The third kappa shape index (κ3) is 7.50. The molecule has 218 valence electrons. The average Bonchev–Trinajstić information content (AvgIpc) is 2.88. The van der Waals surface area contributed by atoms with Gasteiger partial charge in [0.05, 0.1) is 26.4 Å². The van der Waals surface area contributed by atoms with Gasteiger partial charge >= 0.3 is 0 Å². The number of hydrogen-bond acceptors (Lipinski definition) is 16. The Labute approximate surface area is 211 Å². The molecular weight excluding hydrogens is 510 g/mol. The molecule has 2 aliphatic heterocycles. The molecule has 0 saturated carbocycles. The van der Waals surface area contributed by atoms with Gasteiger partial charge in [0.15, 0.2) is 12.6 Å². The molecule has 2 fully saturated rings. The summed E-state index contributed by atoms with van der Waals surface area (Å²) >= 11 is 0. The van der Waals surface area contributed by atoms with Crippen LogP contribution in [-0.4, -0.2) is 174 Å². The van der Waals surface area contributed by atoms with Crippen LogP contribution in [0.3, 0.4) is 0 Å². The van der Waals surface area contributed by atoms with Gasteiger partial charge in [0, 0.05) is 6.92 Å². The van der Waals surface area contributed by atoms with E-state index in [0.717, 1.165) is 6.92 Å². The molecule has 1 amide bonds. The van der Waals surface area contributed by atoms with Crippen molar-refractivity contribution in [1.29, 1.82) is 0 Å². The lowest BCUT2D eigenvalue weighted by molar-refractivity contribution is -0.358. The van der Waals surface area contributed by atoms with Gasteiger partial charge in [-0.1, -0.05) is 0 Å². The van der Waals surface area contributed by atoms with Crippen LogP contribution < -0.4 is 5.32 Å². The largest absolute Gasteiger partial charge is 0.394 e. The van der Waals surface area contributed by atoms with Crippen molar-refractivity contribution in [3.63, 3.8) is 0 Å². The second-order valence-electron chi connectivity index (χ2n) is 8.83. The molecule has 12 N–H and O–H groups in total. The Morgan fingerprint density at radius 2 is 1.38 bits per heavy atom. The van der Waals surface area contributed by atoms with Crippen LogP contribution in [0.15, 0.2) is 0 Å². The lowest BCUT2D eigenvalue weighted by Crippen LogP contribution is -2.68. The third-order valence-electron chi connectivity index (χ3n) is 6.14. The van der Waals surface area contributed by atoms with Crippen molar-refractivity contribution in [2.24, 2.45) is 0 Å². The summed E-state index contributed by atoms with van der Waals surface area (Å²) in [6.45, 7) is -2.43. The van der Waals surface area contributed by atoms with Crippen LogP contribution in [0, 0.1) is 0 Å². The summed E-state index contributed by atoms with van der Waals surface area (Å²) in [5.74, 6) is -0.652. The quantitative estimate of drug-likeness (QED) is 0.108. The van der Waals surface area contributed by atoms with Crippen LogP contribution in [0.25, 0.3) is 0 Å². The molecule has 0 bridgehead atoms. The van der Waals surface area contributed by atoms with Gasteiger partial charge < -0.3 is 80.4 Å². The minimum atomic E-state index is -1.99. The minimum Gasteiger partial charge on any atom is -0.394 e. The molecule has 37 heavy (non-hydrogen) atoms. The Hall–Kier alpha value is -1.13. The number of nitrogens with one attached hydrogen (secondary N) is 1. The predicted molar refractivity (Wildman–Crippen MR) is 115 cm³/mol. The van der Waals surface area contributed by atoms with Crippen molar-refractivity contribution in [3.8, 4) is 0 Å². The number of hydrogen-bond donors (Lipinski definition) is 12. The molecule has 2 saturated heterocycles. The molecule has 0 radical (unpaired) electrons. The van der Waals surface area contributed by atoms with Crippen LogP contribution in [0.5, 0.6) is 0 Å². The molecule has 0 aromatic carbocycles. The van der Waals surface area contributed by atoms with Gasteiger partial charge in [-0.25, -0.2) is 0 Å². The SMILES string of the molecule is CC(=O)N[C@H]1[C@H](O[C@H]2[C@H](O)[C@H](O)[C@@H](O[C@@H]([C@H](O)[C@H](O)CO)[C@H](O)CO)O[C@@H]2CO)O[C@H](CO)[C@@H](O)[C@@H]1O. The second kappa shape index (κ2) is 14.3. The molecule has 0 aliphatic carbocycles. The van der Waals surface area contributed by atoms with Crippen molar-refractivity contribution in [3.05, 3.63) is 0 Å². The van der Waals surface area contributed by atoms with E-state index in [2.05, 4.69) is 5.32 Å². The molecule has 0 aromatic heterocycles. The first kappa shape index (κ1) is 32.1. The van der Waals surface area contributed by atoms with E-state index in [1.807, 2.05) is 0 Å². The van der Waals surface area contributed by atoms with E-state index in [1.54, 1.807) is 0 Å². The van der Waals surface area contributed by atoms with Gasteiger partial charge in [0.2, 0.25) is 5.91 Å². The lowest BCUT2D eigenvalue weighted by Gasteiger charge is -2.47. The molecule has 17 nitrogen and oxygen atoms in total. The topological polar surface area (TPSA) is 289 Å². The van der Waals surface area contributed by atoms with Crippen LogP contribution >= 0.6 is 0 Å². The first-order valence-corrected chi connectivity index (χ1v) is 11.5. The molecule has 2 rings (SSSR count). The van der Waals surface area contributed by atoms with Gasteiger partial charge in [-0.2, -0.15) is 0 Å². The van der Waals surface area contributed by atoms with E-state index >= 15 is 0 Å². The predicted octanol–water partition coefficient (Wildman–Crippen LogP) is -7.79. The van der Waals surface area contributed by atoms with Crippen LogP contribution in [-0.2, 0) is 23.7 Å². The number of amides is 1. The summed E-state index contributed by atoms with van der Waals surface area (Å²) in [4.78, 5) is 11.6. The van der Waals surface area contributed by atoms with Gasteiger partial charge in [-0.3, -0.25) is 4.79 Å². The smallest absolute Gasteiger partial charge is 0.217 e. The Kier molecular flexibility index (Phi) is 12.4. The fourth-order valence-electron chi connectivity index (χ4n) is 4.06. The number of carbonyl (C=O) groups excluding carboxylic acids is 1. The number of aliphatic hydroxyl groups excluding tert-OH is 11. The van der Waals surface area contributed by atoms with E-state index in [4.69, 9.17) is 24.1 Å². The number of ether oxygens (including phenoxy) is 4. The van der Waals surface area contributed by atoms with Crippen LogP contribution in [0.4, 0.5) is 0 Å². The van der Waals surface area contributed by atoms with Crippen molar-refractivity contribution >= 4 is 5.91 Å². The van der Waals surface area contributed by atoms with Gasteiger partial charge in [-0.05, 0) is 0 Å². The first-order chi connectivity index (χ1) is 17.4. The fourth-order valence-corrected chi connectivity index (χ4v) is 4.06. The number of carbonyl (C=O) groups is 1. The van der Waals surface area contributed by atoms with Crippen molar-refractivity contribution < 1.29 is 79.9 Å². The highest BCUT2D eigenvalue weighted by Gasteiger charge is 2.52. The minimum absolute atomic E-state index is 0.652. The Bertz CT molecular complexity index is 701. The van der Waals surface area contributed by atoms with Crippen molar-refractivity contribution in [1.82, 2.24) is 5.32 Å². The van der Waals surface area contributed by atoms with E-state index in [0.29, 0.717) is 0 Å². The molecule has 2 heterocycles. The molecule has 17 heteroatoms. The number of aliphatic hydroxyl groups is 11. The number of rotatable bonds is 12. The molecular formula is C20H37NO16. The normalized spacial score (nSPS) is 40.0. The fraction of sp³-hybridized carbons (Fsp3) is 0.950. The third-order valence-corrected chi connectivity index (χ3v) is 6.14. The molecule has 2 aliphatic rings. The maximum Gasteiger partial charge on any atom is 0.217 e. The Morgan fingerprint density at radius 1 is 0.811 bits per heavy atom. The maximum absolute atomic E-state index is 11.6. The zero-order chi connectivity index (χ0) is 28.0. The van der Waals surface area contributed by atoms with Crippen LogP contribution in [0.1, 0.15) is 6.92 Å². The maximum atomic E-state index is 11.6. The zero-order valence-corrected chi connectivity index (χ0v) is 19.9. The standard InChI is InChI=1S/C20H37NO16/c1-6(26)21-11-14(31)13(30)9(4-24)34-19(11)37-18-10(5-25)35-20(16(33)15(18)32)36-17(8(28)3-23)12(29)7(27)2-22/h7-20,22-25,27-33H,2-5H2,1H3,(H,21,26)/t7-,8-,9-,10-,11-,12-,13-,14-,15-,16+,17-,18-,19+,20-/m1/s1. The summed E-state index contributed by atoms with van der Waals surface area (Å²) in [6, 6.07) is -1.41. The Balaban J connectivity index is 2.24. The summed E-state index contributed by atoms with van der Waals surface area (Å²) in [5, 5.41) is 112. The van der Waals surface area contributed by atoms with Crippen molar-refractivity contribution in [2.75, 3.05) is 26.4 Å². The van der Waals surface area contributed by atoms with E-state index < -0.39 is 118 Å². The van der Waals surface area contributed by atoms with E-state index in [1.165, 1.54) is 0 Å². The summed E-state index contributed by atoms with van der Waals surface area (Å²) in [7, 11) is 0.